The van der Waals surface area contributed by atoms with Crippen LogP contribution in [0.25, 0.3) is 0 Å². The van der Waals surface area contributed by atoms with Gasteiger partial charge in [-0.1, -0.05) is 31.5 Å². The van der Waals surface area contributed by atoms with E-state index in [9.17, 15) is 9.50 Å². The van der Waals surface area contributed by atoms with Crippen molar-refractivity contribution in [3.05, 3.63) is 34.6 Å². The summed E-state index contributed by atoms with van der Waals surface area (Å²) in [6, 6.07) is 4.72. The van der Waals surface area contributed by atoms with E-state index in [1.165, 1.54) is 6.07 Å². The molecule has 0 fully saturated rings. The van der Waals surface area contributed by atoms with Crippen molar-refractivity contribution in [2.75, 3.05) is 6.61 Å². The number of aliphatic hydroxyl groups is 1. The van der Waals surface area contributed by atoms with Crippen LogP contribution in [0.15, 0.2) is 18.2 Å². The molecule has 0 heterocycles. The summed E-state index contributed by atoms with van der Waals surface area (Å²) in [5.41, 5.74) is 0.913. The highest BCUT2D eigenvalue weighted by molar-refractivity contribution is 6.30. The van der Waals surface area contributed by atoms with Gasteiger partial charge in [-0.3, -0.25) is 0 Å². The Morgan fingerprint density at radius 1 is 1.35 bits per heavy atom. The fraction of sp³-hybridized carbons (Fsp3) is 0.538. The van der Waals surface area contributed by atoms with Crippen molar-refractivity contribution in [1.82, 2.24) is 5.32 Å². The predicted octanol–water partition coefficient (Wildman–Crippen LogP) is 3.15. The van der Waals surface area contributed by atoms with Crippen LogP contribution in [-0.4, -0.2) is 17.8 Å². The van der Waals surface area contributed by atoms with Gasteiger partial charge in [-0.25, -0.2) is 4.39 Å². The Hall–Kier alpha value is -0.640. The molecule has 4 heteroatoms. The minimum atomic E-state index is -0.412. The molecule has 1 unspecified atom stereocenters. The van der Waals surface area contributed by atoms with E-state index in [2.05, 4.69) is 5.32 Å². The SMILES string of the molecule is CC(N[C@H](CO)C(C)C)c1ccc(F)c(Cl)c1. The molecule has 2 nitrogen and oxygen atoms in total. The summed E-state index contributed by atoms with van der Waals surface area (Å²) in [4.78, 5) is 0. The second-order valence-corrected chi connectivity index (χ2v) is 5.00. The Morgan fingerprint density at radius 3 is 2.47 bits per heavy atom. The van der Waals surface area contributed by atoms with Crippen LogP contribution in [0.2, 0.25) is 5.02 Å². The standard InChI is InChI=1S/C13H19ClFNO/c1-8(2)13(7-17)16-9(3)10-4-5-12(15)11(14)6-10/h4-6,8-9,13,16-17H,7H2,1-3H3/t9?,13-/m1/s1. The molecule has 0 saturated carbocycles. The van der Waals surface area contributed by atoms with Crippen LogP contribution >= 0.6 is 11.6 Å². The number of nitrogens with one attached hydrogen (secondary N) is 1. The fourth-order valence-electron chi connectivity index (χ4n) is 1.66. The molecule has 1 aromatic carbocycles. The highest BCUT2D eigenvalue weighted by Gasteiger charge is 2.16. The molecule has 2 N–H and O–H groups in total. The van der Waals surface area contributed by atoms with Crippen molar-refractivity contribution >= 4 is 11.6 Å². The molecule has 0 amide bonds. The quantitative estimate of drug-likeness (QED) is 0.852. The monoisotopic (exact) mass is 259 g/mol. The van der Waals surface area contributed by atoms with E-state index in [1.54, 1.807) is 12.1 Å². The second kappa shape index (κ2) is 6.34. The first kappa shape index (κ1) is 14.4. The van der Waals surface area contributed by atoms with Gasteiger partial charge in [0.05, 0.1) is 11.6 Å². The zero-order valence-corrected chi connectivity index (χ0v) is 11.1. The molecule has 1 aromatic rings. The molecule has 0 aliphatic heterocycles. The largest absolute Gasteiger partial charge is 0.395 e. The van der Waals surface area contributed by atoms with Crippen LogP contribution in [0.3, 0.4) is 0 Å². The van der Waals surface area contributed by atoms with Crippen molar-refractivity contribution in [3.8, 4) is 0 Å². The van der Waals surface area contributed by atoms with Gasteiger partial charge in [0.15, 0.2) is 0 Å². The van der Waals surface area contributed by atoms with Crippen LogP contribution < -0.4 is 5.32 Å². The molecule has 0 aromatic heterocycles. The van der Waals surface area contributed by atoms with Gasteiger partial charge in [0.25, 0.3) is 0 Å². The average Bonchev–Trinajstić information content (AvgIpc) is 2.28. The fourth-order valence-corrected chi connectivity index (χ4v) is 1.84. The van der Waals surface area contributed by atoms with Crippen molar-refractivity contribution in [2.45, 2.75) is 32.9 Å². The van der Waals surface area contributed by atoms with E-state index in [0.717, 1.165) is 5.56 Å². The predicted molar refractivity (Wildman–Crippen MR) is 68.7 cm³/mol. The normalized spacial score (nSPS) is 15.0. The molecule has 96 valence electrons. The lowest BCUT2D eigenvalue weighted by atomic mass is 10.0. The maximum absolute atomic E-state index is 13.0. The van der Waals surface area contributed by atoms with Crippen molar-refractivity contribution in [1.29, 1.82) is 0 Å². The van der Waals surface area contributed by atoms with Gasteiger partial charge in [-0.2, -0.15) is 0 Å². The van der Waals surface area contributed by atoms with E-state index in [-0.39, 0.29) is 23.7 Å². The summed E-state index contributed by atoms with van der Waals surface area (Å²) < 4.78 is 13.0. The number of aliphatic hydroxyl groups excluding tert-OH is 1. The van der Waals surface area contributed by atoms with Gasteiger partial charge in [-0.05, 0) is 30.5 Å². The summed E-state index contributed by atoms with van der Waals surface area (Å²) in [6.07, 6.45) is 0. The van der Waals surface area contributed by atoms with Gasteiger partial charge in [-0.15, -0.1) is 0 Å². The molecule has 0 aliphatic rings. The Bertz CT molecular complexity index is 370. The summed E-state index contributed by atoms with van der Waals surface area (Å²) in [6.45, 7) is 6.13. The maximum atomic E-state index is 13.0. The highest BCUT2D eigenvalue weighted by Crippen LogP contribution is 2.21. The Balaban J connectivity index is 2.75. The molecule has 0 aliphatic carbocycles. The van der Waals surface area contributed by atoms with E-state index in [4.69, 9.17) is 11.6 Å². The van der Waals surface area contributed by atoms with Gasteiger partial charge in [0.2, 0.25) is 0 Å². The Kier molecular flexibility index (Phi) is 5.37. The third kappa shape index (κ3) is 3.95. The van der Waals surface area contributed by atoms with Crippen molar-refractivity contribution < 1.29 is 9.50 Å². The smallest absolute Gasteiger partial charge is 0.141 e. The molecular formula is C13H19ClFNO. The van der Waals surface area contributed by atoms with Gasteiger partial charge in [0.1, 0.15) is 5.82 Å². The molecular weight excluding hydrogens is 241 g/mol. The number of benzene rings is 1. The molecule has 0 saturated heterocycles. The topological polar surface area (TPSA) is 32.3 Å². The molecule has 0 bridgehead atoms. The number of hydrogen-bond acceptors (Lipinski definition) is 2. The van der Waals surface area contributed by atoms with E-state index in [0.29, 0.717) is 5.92 Å². The second-order valence-electron chi connectivity index (χ2n) is 4.59. The van der Waals surface area contributed by atoms with Crippen LogP contribution in [0.4, 0.5) is 4.39 Å². The maximum Gasteiger partial charge on any atom is 0.141 e. The molecule has 0 spiro atoms. The average molecular weight is 260 g/mol. The van der Waals surface area contributed by atoms with Crippen LogP contribution in [0.5, 0.6) is 0 Å². The molecule has 0 radical (unpaired) electrons. The van der Waals surface area contributed by atoms with Gasteiger partial charge >= 0.3 is 0 Å². The third-order valence-electron chi connectivity index (χ3n) is 2.91. The van der Waals surface area contributed by atoms with Crippen LogP contribution in [0, 0.1) is 11.7 Å². The number of halogens is 2. The van der Waals surface area contributed by atoms with E-state index >= 15 is 0 Å². The first-order valence-electron chi connectivity index (χ1n) is 5.77. The van der Waals surface area contributed by atoms with Gasteiger partial charge < -0.3 is 10.4 Å². The zero-order chi connectivity index (χ0) is 13.0. The zero-order valence-electron chi connectivity index (χ0n) is 10.4. The Morgan fingerprint density at radius 2 is 2.00 bits per heavy atom. The molecule has 2 atom stereocenters. The summed E-state index contributed by atoms with van der Waals surface area (Å²) in [7, 11) is 0. The lowest BCUT2D eigenvalue weighted by molar-refractivity contribution is 0.201. The molecule has 1 rings (SSSR count). The lowest BCUT2D eigenvalue weighted by Crippen LogP contribution is -2.38. The minimum absolute atomic E-state index is 0.0210. The highest BCUT2D eigenvalue weighted by atomic mass is 35.5. The van der Waals surface area contributed by atoms with Gasteiger partial charge in [0, 0.05) is 12.1 Å². The van der Waals surface area contributed by atoms with Crippen molar-refractivity contribution in [2.24, 2.45) is 5.92 Å². The minimum Gasteiger partial charge on any atom is -0.395 e. The third-order valence-corrected chi connectivity index (χ3v) is 3.20. The van der Waals surface area contributed by atoms with Crippen molar-refractivity contribution in [3.63, 3.8) is 0 Å². The number of hydrogen-bond donors (Lipinski definition) is 2. The molecule has 17 heavy (non-hydrogen) atoms. The van der Waals surface area contributed by atoms with Crippen LogP contribution in [0.1, 0.15) is 32.4 Å². The summed E-state index contributed by atoms with van der Waals surface area (Å²) in [5, 5.41) is 12.7. The van der Waals surface area contributed by atoms with E-state index < -0.39 is 5.82 Å². The number of rotatable bonds is 5. The lowest BCUT2D eigenvalue weighted by Gasteiger charge is -2.25. The first-order chi connectivity index (χ1) is 7.95. The Labute approximate surface area is 107 Å². The van der Waals surface area contributed by atoms with E-state index in [1.807, 2.05) is 20.8 Å². The summed E-state index contributed by atoms with van der Waals surface area (Å²) >= 11 is 5.74. The first-order valence-corrected chi connectivity index (χ1v) is 6.15. The summed E-state index contributed by atoms with van der Waals surface area (Å²) in [5.74, 6) is -0.0800. The van der Waals surface area contributed by atoms with Crippen LogP contribution in [-0.2, 0) is 0 Å².